The number of halogens is 1. The van der Waals surface area contributed by atoms with Crippen molar-refractivity contribution in [1.29, 1.82) is 0 Å². The number of rotatable bonds is 9. The van der Waals surface area contributed by atoms with Crippen LogP contribution >= 0.6 is 34.7 Å². The fourth-order valence-corrected chi connectivity index (χ4v) is 5.71. The van der Waals surface area contributed by atoms with E-state index < -0.39 is 6.29 Å². The summed E-state index contributed by atoms with van der Waals surface area (Å²) in [5.41, 5.74) is 2.69. The van der Waals surface area contributed by atoms with Crippen molar-refractivity contribution in [2.75, 3.05) is 17.7 Å². The molecule has 2 aromatic carbocycles. The molecule has 0 aliphatic carbocycles. The van der Waals surface area contributed by atoms with Gasteiger partial charge in [-0.05, 0) is 49.7 Å². The van der Waals surface area contributed by atoms with E-state index >= 15 is 0 Å². The molecule has 168 valence electrons. The summed E-state index contributed by atoms with van der Waals surface area (Å²) in [5.74, 6) is 1.41. The predicted molar refractivity (Wildman–Crippen MR) is 133 cm³/mol. The van der Waals surface area contributed by atoms with Gasteiger partial charge in [-0.15, -0.1) is 11.3 Å². The minimum atomic E-state index is -0.771. The summed E-state index contributed by atoms with van der Waals surface area (Å²) >= 11 is 9.59. The summed E-state index contributed by atoms with van der Waals surface area (Å²) < 4.78 is 13.8. The average molecular weight is 489 g/mol. The molecule has 1 aliphatic rings. The lowest BCUT2D eigenvalue weighted by molar-refractivity contribution is -0.0509. The van der Waals surface area contributed by atoms with Crippen molar-refractivity contribution in [3.63, 3.8) is 0 Å². The van der Waals surface area contributed by atoms with Gasteiger partial charge in [-0.25, -0.2) is 4.98 Å². The molecule has 2 heterocycles. The van der Waals surface area contributed by atoms with Gasteiger partial charge in [-0.2, -0.15) is 0 Å². The van der Waals surface area contributed by atoms with Gasteiger partial charge in [0.25, 0.3) is 0 Å². The molecule has 0 saturated heterocycles. The third kappa shape index (κ3) is 5.29. The zero-order valence-electron chi connectivity index (χ0n) is 18.0. The first kappa shape index (κ1) is 23.1. The minimum absolute atomic E-state index is 0.163. The van der Waals surface area contributed by atoms with Crippen LogP contribution in [-0.4, -0.2) is 29.4 Å². The molecule has 1 N–H and O–H groups in total. The summed E-state index contributed by atoms with van der Waals surface area (Å²) in [5, 5.41) is 3.72. The lowest BCUT2D eigenvalue weighted by Gasteiger charge is -2.27. The molecule has 0 spiro atoms. The van der Waals surface area contributed by atoms with E-state index in [-0.39, 0.29) is 5.78 Å². The highest BCUT2D eigenvalue weighted by molar-refractivity contribution is 8.01. The van der Waals surface area contributed by atoms with E-state index in [2.05, 4.69) is 18.3 Å². The van der Waals surface area contributed by atoms with E-state index in [1.807, 2.05) is 30.8 Å². The van der Waals surface area contributed by atoms with Gasteiger partial charge in [0, 0.05) is 29.3 Å². The molecule has 0 bridgehead atoms. The SMILES string of the molecule is CCCCCSc1nc2ccc(N/C=C3/C(=O)c4cc(Cl)ccc4O[C@@H]3OCC)cc2s1. The Hall–Kier alpha value is -2.06. The number of nitrogens with zero attached hydrogens (tertiary/aromatic N) is 1. The number of ether oxygens (including phenoxy) is 2. The summed E-state index contributed by atoms with van der Waals surface area (Å²) in [6.45, 7) is 4.50. The van der Waals surface area contributed by atoms with Gasteiger partial charge in [-0.1, -0.05) is 43.1 Å². The van der Waals surface area contributed by atoms with Crippen LogP contribution in [0.25, 0.3) is 10.2 Å². The second kappa shape index (κ2) is 10.7. The number of nitrogens with one attached hydrogen (secondary N) is 1. The first-order valence-electron chi connectivity index (χ1n) is 10.7. The van der Waals surface area contributed by atoms with Crippen LogP contribution in [0, 0.1) is 0 Å². The molecule has 0 fully saturated rings. The first-order chi connectivity index (χ1) is 15.6. The molecule has 1 aromatic heterocycles. The number of carbonyl (C=O) groups is 1. The predicted octanol–water partition coefficient (Wildman–Crippen LogP) is 7.17. The topological polar surface area (TPSA) is 60.5 Å². The van der Waals surface area contributed by atoms with Crippen molar-refractivity contribution in [2.24, 2.45) is 0 Å². The molecule has 0 amide bonds. The number of thioether (sulfide) groups is 1. The molecule has 5 nitrogen and oxygen atoms in total. The maximum atomic E-state index is 13.1. The van der Waals surface area contributed by atoms with Gasteiger partial charge in [0.2, 0.25) is 12.1 Å². The van der Waals surface area contributed by atoms with Crippen LogP contribution < -0.4 is 10.1 Å². The van der Waals surface area contributed by atoms with E-state index in [0.717, 1.165) is 26.0 Å². The lowest BCUT2D eigenvalue weighted by atomic mass is 10.00. The molecule has 1 atom stereocenters. The van der Waals surface area contributed by atoms with Crippen molar-refractivity contribution in [1.82, 2.24) is 4.98 Å². The highest BCUT2D eigenvalue weighted by Gasteiger charge is 2.32. The Morgan fingerprint density at radius 2 is 2.12 bits per heavy atom. The number of hydrogen-bond donors (Lipinski definition) is 1. The van der Waals surface area contributed by atoms with Gasteiger partial charge in [-0.3, -0.25) is 4.79 Å². The maximum Gasteiger partial charge on any atom is 0.232 e. The molecular weight excluding hydrogens is 464 g/mol. The highest BCUT2D eigenvalue weighted by atomic mass is 35.5. The second-order valence-electron chi connectivity index (χ2n) is 7.34. The van der Waals surface area contributed by atoms with E-state index in [4.69, 9.17) is 26.1 Å². The minimum Gasteiger partial charge on any atom is -0.460 e. The number of fused-ring (bicyclic) bond motifs is 2. The molecule has 3 aromatic rings. The van der Waals surface area contributed by atoms with Crippen LogP contribution in [0.5, 0.6) is 5.75 Å². The summed E-state index contributed by atoms with van der Waals surface area (Å²) in [6, 6.07) is 11.0. The zero-order valence-corrected chi connectivity index (χ0v) is 20.4. The maximum absolute atomic E-state index is 13.1. The number of Topliss-reactive ketones (excluding diaryl/α,β-unsaturated/α-hetero) is 1. The monoisotopic (exact) mass is 488 g/mol. The Kier molecular flexibility index (Phi) is 7.73. The lowest BCUT2D eigenvalue weighted by Crippen LogP contribution is -2.33. The Morgan fingerprint density at radius 1 is 1.25 bits per heavy atom. The van der Waals surface area contributed by atoms with Crippen molar-refractivity contribution in [3.8, 4) is 5.75 Å². The molecule has 0 radical (unpaired) electrons. The number of thiazole rings is 1. The molecule has 32 heavy (non-hydrogen) atoms. The molecule has 0 unspecified atom stereocenters. The molecule has 1 aliphatic heterocycles. The number of anilines is 1. The molecule has 4 rings (SSSR count). The smallest absolute Gasteiger partial charge is 0.232 e. The largest absolute Gasteiger partial charge is 0.460 e. The highest BCUT2D eigenvalue weighted by Crippen LogP contribution is 2.34. The third-order valence-electron chi connectivity index (χ3n) is 4.99. The van der Waals surface area contributed by atoms with Crippen LogP contribution in [0.1, 0.15) is 43.5 Å². The van der Waals surface area contributed by atoms with Crippen LogP contribution in [0.15, 0.2) is 52.5 Å². The van der Waals surface area contributed by atoms with E-state index in [0.29, 0.717) is 28.5 Å². The van der Waals surface area contributed by atoms with Crippen molar-refractivity contribution < 1.29 is 14.3 Å². The van der Waals surface area contributed by atoms with Crippen molar-refractivity contribution >= 4 is 56.4 Å². The summed E-state index contributed by atoms with van der Waals surface area (Å²) in [4.78, 5) is 17.8. The molecular formula is C24H25ClN2O3S2. The van der Waals surface area contributed by atoms with Crippen molar-refractivity contribution in [2.45, 2.75) is 43.7 Å². The summed E-state index contributed by atoms with van der Waals surface area (Å²) in [6.07, 6.45) is 4.58. The third-order valence-corrected chi connectivity index (χ3v) is 7.47. The fraction of sp³-hybridized carbons (Fsp3) is 0.333. The number of aromatic nitrogens is 1. The van der Waals surface area contributed by atoms with Gasteiger partial charge < -0.3 is 14.8 Å². The van der Waals surface area contributed by atoms with Crippen LogP contribution in [-0.2, 0) is 4.74 Å². The van der Waals surface area contributed by atoms with Gasteiger partial charge in [0.1, 0.15) is 5.75 Å². The first-order valence-corrected chi connectivity index (χ1v) is 12.9. The average Bonchev–Trinajstić information content (AvgIpc) is 3.19. The number of benzene rings is 2. The summed E-state index contributed by atoms with van der Waals surface area (Å²) in [7, 11) is 0. The second-order valence-corrected chi connectivity index (χ2v) is 10.1. The Bertz CT molecular complexity index is 1150. The zero-order chi connectivity index (χ0) is 22.5. The van der Waals surface area contributed by atoms with Crippen molar-refractivity contribution in [3.05, 3.63) is 58.8 Å². The van der Waals surface area contributed by atoms with E-state index in [1.54, 1.807) is 35.7 Å². The Labute approximate surface area is 201 Å². The van der Waals surface area contributed by atoms with Crippen LogP contribution in [0.4, 0.5) is 5.69 Å². The van der Waals surface area contributed by atoms with Gasteiger partial charge in [0.15, 0.2) is 4.34 Å². The van der Waals surface area contributed by atoms with Gasteiger partial charge in [0.05, 0.1) is 21.4 Å². The van der Waals surface area contributed by atoms with E-state index in [9.17, 15) is 4.79 Å². The van der Waals surface area contributed by atoms with Crippen LogP contribution in [0.3, 0.4) is 0 Å². The van der Waals surface area contributed by atoms with Crippen LogP contribution in [0.2, 0.25) is 5.02 Å². The number of ketones is 1. The Morgan fingerprint density at radius 3 is 2.94 bits per heavy atom. The Balaban J connectivity index is 1.53. The van der Waals surface area contributed by atoms with Gasteiger partial charge >= 0.3 is 0 Å². The quantitative estimate of drug-likeness (QED) is 0.196. The number of unbranched alkanes of at least 4 members (excludes halogenated alkanes) is 2. The fourth-order valence-electron chi connectivity index (χ4n) is 3.36. The molecule has 8 heteroatoms. The normalized spacial score (nSPS) is 16.9. The standard InChI is InChI=1S/C24H25ClN2O3S2/c1-3-5-6-11-31-24-27-19-9-8-16(13-21(19)32-24)26-14-18-22(28)17-12-15(25)7-10-20(17)30-23(18)29-4-2/h7-10,12-14,23,26H,3-6,11H2,1-2H3/b18-14-/t23-/m0/s1. The molecule has 0 saturated carbocycles. The van der Waals surface area contributed by atoms with E-state index in [1.165, 1.54) is 19.3 Å². The number of hydrogen-bond acceptors (Lipinski definition) is 7. The number of carbonyl (C=O) groups excluding carboxylic acids is 1.